The molecule has 202 valence electrons. The summed E-state index contributed by atoms with van der Waals surface area (Å²) >= 11 is 0. The van der Waals surface area contributed by atoms with Gasteiger partial charge in [-0.2, -0.15) is 0 Å². The fourth-order valence-corrected chi connectivity index (χ4v) is 9.16. The Labute approximate surface area is 236 Å². The van der Waals surface area contributed by atoms with Gasteiger partial charge in [-0.3, -0.25) is 0 Å². The van der Waals surface area contributed by atoms with Crippen molar-refractivity contribution in [1.29, 1.82) is 0 Å². The number of nitrogens with one attached hydrogen (secondary N) is 2. The van der Waals surface area contributed by atoms with Crippen molar-refractivity contribution in [3.63, 3.8) is 0 Å². The summed E-state index contributed by atoms with van der Waals surface area (Å²) in [6.45, 7) is 9.30. The summed E-state index contributed by atoms with van der Waals surface area (Å²) in [5.41, 5.74) is 27.8. The van der Waals surface area contributed by atoms with Gasteiger partial charge >= 0.3 is 0 Å². The first-order valence-corrected chi connectivity index (χ1v) is 15.7. The van der Waals surface area contributed by atoms with Gasteiger partial charge < -0.3 is 9.97 Å². The number of rotatable bonds is 0. The average molecular weight is 527 g/mol. The Kier molecular flexibility index (Phi) is 4.71. The third-order valence-electron chi connectivity index (χ3n) is 11.1. The smallest absolute Gasteiger partial charge is 0.0723 e. The van der Waals surface area contributed by atoms with E-state index in [1.54, 1.807) is 22.3 Å². The van der Waals surface area contributed by atoms with Gasteiger partial charge in [0.2, 0.25) is 0 Å². The van der Waals surface area contributed by atoms with Crippen LogP contribution in [0.4, 0.5) is 0 Å². The van der Waals surface area contributed by atoms with Crippen LogP contribution >= 0.6 is 0 Å². The maximum atomic E-state index is 5.49. The summed E-state index contributed by atoms with van der Waals surface area (Å²) in [6.07, 6.45) is 14.2. The number of aromatic nitrogens is 4. The Hall–Kier alpha value is -3.40. The molecule has 2 N–H and O–H groups in total. The van der Waals surface area contributed by atoms with E-state index in [9.17, 15) is 0 Å². The van der Waals surface area contributed by atoms with E-state index in [2.05, 4.69) is 37.7 Å². The molecule has 0 saturated carbocycles. The van der Waals surface area contributed by atoms with Crippen LogP contribution < -0.4 is 0 Å². The lowest BCUT2D eigenvalue weighted by Crippen LogP contribution is -1.95. The molecule has 4 nitrogen and oxygen atoms in total. The zero-order valence-corrected chi connectivity index (χ0v) is 24.4. The van der Waals surface area contributed by atoms with Crippen LogP contribution in [0.15, 0.2) is 0 Å². The topological polar surface area (TPSA) is 57.4 Å². The van der Waals surface area contributed by atoms with Gasteiger partial charge in [0.25, 0.3) is 0 Å². The molecule has 5 heterocycles. The third kappa shape index (κ3) is 2.87. The van der Waals surface area contributed by atoms with Crippen molar-refractivity contribution < 1.29 is 0 Å². The minimum absolute atomic E-state index is 1.14. The van der Waals surface area contributed by atoms with Gasteiger partial charge in [0.05, 0.1) is 22.8 Å². The van der Waals surface area contributed by atoms with E-state index in [0.717, 1.165) is 25.7 Å². The molecule has 2 aliphatic heterocycles. The zero-order chi connectivity index (χ0) is 26.9. The Balaban J connectivity index is 1.52. The minimum Gasteiger partial charge on any atom is -0.354 e. The first kappa shape index (κ1) is 23.3. The van der Waals surface area contributed by atoms with Crippen molar-refractivity contribution in [2.45, 2.75) is 105 Å². The molecule has 0 unspecified atom stereocenters. The standard InChI is InChI=1S/C36H38N4/c1-17-29-21-9-5-11-23(21)31(37-29)18(2)33-25-13-7-15-27(25)35(39-33)20(4)36-28-16-8-14-26(28)34(40-36)19(3)32-24-12-6-10-22(24)30(17)38-32/h37-38H,5-16H2,1-4H3. The summed E-state index contributed by atoms with van der Waals surface area (Å²) in [6, 6.07) is 0. The second-order valence-electron chi connectivity index (χ2n) is 13.1. The highest BCUT2D eigenvalue weighted by atomic mass is 14.8. The van der Waals surface area contributed by atoms with E-state index >= 15 is 0 Å². The Morgan fingerprint density at radius 3 is 1.05 bits per heavy atom. The largest absolute Gasteiger partial charge is 0.354 e. The monoisotopic (exact) mass is 526 g/mol. The molecule has 0 spiro atoms. The second-order valence-corrected chi connectivity index (χ2v) is 13.1. The van der Waals surface area contributed by atoms with E-state index in [1.165, 1.54) is 141 Å². The summed E-state index contributed by atoms with van der Waals surface area (Å²) in [7, 11) is 0. The highest BCUT2D eigenvalue weighted by molar-refractivity contribution is 6.01. The van der Waals surface area contributed by atoms with Crippen LogP contribution in [0.5, 0.6) is 0 Å². The van der Waals surface area contributed by atoms with Crippen LogP contribution in [0.1, 0.15) is 119 Å². The van der Waals surface area contributed by atoms with Crippen molar-refractivity contribution in [2.75, 3.05) is 0 Å². The lowest BCUT2D eigenvalue weighted by Gasteiger charge is -2.05. The van der Waals surface area contributed by atoms with E-state index in [1.807, 2.05) is 0 Å². The second kappa shape index (κ2) is 8.09. The number of H-pyrrole nitrogens is 2. The van der Waals surface area contributed by atoms with Gasteiger partial charge in [-0.1, -0.05) is 0 Å². The molecule has 40 heavy (non-hydrogen) atoms. The molecule has 6 aliphatic rings. The highest BCUT2D eigenvalue weighted by Gasteiger charge is 2.33. The van der Waals surface area contributed by atoms with E-state index < -0.39 is 0 Å². The molecule has 0 radical (unpaired) electrons. The fraction of sp³-hybridized carbons (Fsp3) is 0.444. The van der Waals surface area contributed by atoms with Gasteiger partial charge in [-0.05, 0) is 166 Å². The number of allylic oxidation sites excluding steroid dienone is 4. The lowest BCUT2D eigenvalue weighted by atomic mass is 9.99. The van der Waals surface area contributed by atoms with Crippen LogP contribution in [0.25, 0.3) is 44.4 Å². The maximum Gasteiger partial charge on any atom is 0.0723 e. The summed E-state index contributed by atoms with van der Waals surface area (Å²) < 4.78 is 0. The predicted molar refractivity (Wildman–Crippen MR) is 165 cm³/mol. The maximum absolute atomic E-state index is 5.49. The number of aryl methyl sites for hydroxylation is 7. The molecule has 0 amide bonds. The Morgan fingerprint density at radius 2 is 0.675 bits per heavy atom. The molecule has 8 bridgehead atoms. The normalized spacial score (nSPS) is 19.1. The molecule has 3 aromatic rings. The molecule has 0 saturated heterocycles. The van der Waals surface area contributed by atoms with Crippen molar-refractivity contribution in [1.82, 2.24) is 19.9 Å². The fourth-order valence-electron chi connectivity index (χ4n) is 9.16. The highest BCUT2D eigenvalue weighted by Crippen LogP contribution is 2.49. The summed E-state index contributed by atoms with van der Waals surface area (Å²) in [4.78, 5) is 19.0. The van der Waals surface area contributed by atoms with Gasteiger partial charge in [-0.15, -0.1) is 0 Å². The van der Waals surface area contributed by atoms with Crippen LogP contribution in [0.2, 0.25) is 0 Å². The molecular formula is C36H38N4. The molecular weight excluding hydrogens is 488 g/mol. The molecule has 4 aliphatic carbocycles. The van der Waals surface area contributed by atoms with Gasteiger partial charge in [-0.25, -0.2) is 9.97 Å². The summed E-state index contributed by atoms with van der Waals surface area (Å²) in [5.74, 6) is 0. The lowest BCUT2D eigenvalue weighted by molar-refractivity contribution is 0.907. The first-order valence-electron chi connectivity index (χ1n) is 15.7. The number of aromatic amines is 2. The molecule has 3 aromatic heterocycles. The number of hydrogen-bond donors (Lipinski definition) is 2. The van der Waals surface area contributed by atoms with Crippen LogP contribution in [-0.2, 0) is 25.7 Å². The van der Waals surface area contributed by atoms with Crippen molar-refractivity contribution >= 4 is 44.4 Å². The Bertz CT molecular complexity index is 1800. The summed E-state index contributed by atoms with van der Waals surface area (Å²) in [5, 5.41) is 0. The molecule has 9 rings (SSSR count). The first-order chi connectivity index (χ1) is 19.5. The average Bonchev–Trinajstić information content (AvgIpc) is 3.75. The predicted octanol–water partition coefficient (Wildman–Crippen LogP) is 8.72. The van der Waals surface area contributed by atoms with E-state index in [0.29, 0.717) is 0 Å². The van der Waals surface area contributed by atoms with Crippen molar-refractivity contribution in [3.8, 4) is 0 Å². The van der Waals surface area contributed by atoms with Gasteiger partial charge in [0, 0.05) is 27.6 Å². The Morgan fingerprint density at radius 1 is 0.375 bits per heavy atom. The SMILES string of the molecule is Cc1c2nc(c(C)c3[nH]c(c4c3CCC4)c(C)c3[nH]c(c(C)c4nc1C1=C4CCC1)c1c3CCC1)C1=C2CCC1. The third-order valence-corrected chi connectivity index (χ3v) is 11.1. The van der Waals surface area contributed by atoms with Gasteiger partial charge in [0.15, 0.2) is 0 Å². The van der Waals surface area contributed by atoms with E-state index in [-0.39, 0.29) is 0 Å². The molecule has 4 heteroatoms. The van der Waals surface area contributed by atoms with Crippen LogP contribution in [0.3, 0.4) is 0 Å². The zero-order valence-electron chi connectivity index (χ0n) is 24.4. The minimum atomic E-state index is 1.14. The van der Waals surface area contributed by atoms with Crippen LogP contribution in [0, 0.1) is 27.7 Å². The number of hydrogen-bond acceptors (Lipinski definition) is 2. The number of nitrogens with zero attached hydrogens (tertiary/aromatic N) is 2. The molecule has 0 aromatic carbocycles. The van der Waals surface area contributed by atoms with Crippen molar-refractivity contribution in [2.24, 2.45) is 0 Å². The molecule has 0 atom stereocenters. The number of fused-ring (bicyclic) bond motifs is 18. The van der Waals surface area contributed by atoms with E-state index in [4.69, 9.17) is 9.97 Å². The van der Waals surface area contributed by atoms with Crippen molar-refractivity contribution in [3.05, 3.63) is 67.3 Å². The quantitative estimate of drug-likeness (QED) is 0.308. The molecule has 0 fully saturated rings. The van der Waals surface area contributed by atoms with Crippen LogP contribution in [-0.4, -0.2) is 19.9 Å². The van der Waals surface area contributed by atoms with Gasteiger partial charge in [0.1, 0.15) is 0 Å².